The Balaban J connectivity index is 2.48. The first-order valence-corrected chi connectivity index (χ1v) is 5.48. The number of carbonyl (C=O) groups is 1. The number of ether oxygens (including phenoxy) is 1. The molecule has 0 aromatic rings. The number of hydrogen-bond acceptors (Lipinski definition) is 5. The second kappa shape index (κ2) is 5.28. The van der Waals surface area contributed by atoms with Crippen LogP contribution < -0.4 is 5.32 Å². The minimum atomic E-state index is -0.462. The molecule has 1 fully saturated rings. The molecule has 1 rings (SSSR count). The molecule has 5 heteroatoms. The molecule has 0 spiro atoms. The second-order valence-corrected chi connectivity index (χ2v) is 4.93. The van der Waals surface area contributed by atoms with Crippen LogP contribution in [-0.2, 0) is 9.53 Å². The summed E-state index contributed by atoms with van der Waals surface area (Å²) >= 11 is 0. The van der Waals surface area contributed by atoms with Gasteiger partial charge in [-0.05, 0) is 20.8 Å². The van der Waals surface area contributed by atoms with Crippen molar-refractivity contribution in [2.24, 2.45) is 0 Å². The van der Waals surface area contributed by atoms with Crippen molar-refractivity contribution in [3.8, 4) is 6.07 Å². The summed E-state index contributed by atoms with van der Waals surface area (Å²) in [5.74, 6) is -0.241. The predicted octanol–water partition coefficient (Wildman–Crippen LogP) is 0.125. The van der Waals surface area contributed by atoms with Crippen molar-refractivity contribution in [3.63, 3.8) is 0 Å². The monoisotopic (exact) mass is 225 g/mol. The third-order valence-corrected chi connectivity index (χ3v) is 2.25. The smallest absolute Gasteiger partial charge is 0.324 e. The van der Waals surface area contributed by atoms with Gasteiger partial charge in [-0.25, -0.2) is 0 Å². The normalized spacial score (nSPS) is 22.5. The minimum absolute atomic E-state index is 0.241. The lowest BCUT2D eigenvalue weighted by atomic mass is 10.1. The summed E-state index contributed by atoms with van der Waals surface area (Å²) in [4.78, 5) is 13.7. The van der Waals surface area contributed by atoms with E-state index in [1.165, 1.54) is 0 Å². The SMILES string of the molecule is CC(C)(C)OC(=O)C1CN(CC#N)CCN1. The molecule has 1 N–H and O–H groups in total. The minimum Gasteiger partial charge on any atom is -0.459 e. The molecule has 0 bridgehead atoms. The Morgan fingerprint density at radius 1 is 1.62 bits per heavy atom. The van der Waals surface area contributed by atoms with Crippen LogP contribution in [0.5, 0.6) is 0 Å². The largest absolute Gasteiger partial charge is 0.459 e. The van der Waals surface area contributed by atoms with Gasteiger partial charge in [0.05, 0.1) is 12.6 Å². The van der Waals surface area contributed by atoms with Gasteiger partial charge >= 0.3 is 5.97 Å². The van der Waals surface area contributed by atoms with Crippen molar-refractivity contribution in [3.05, 3.63) is 0 Å². The predicted molar refractivity (Wildman–Crippen MR) is 59.7 cm³/mol. The number of nitrogens with zero attached hydrogens (tertiary/aromatic N) is 2. The Bertz CT molecular complexity index is 291. The molecule has 1 aliphatic heterocycles. The fourth-order valence-corrected chi connectivity index (χ4v) is 1.59. The summed E-state index contributed by atoms with van der Waals surface area (Å²) in [5.41, 5.74) is -0.462. The molecular weight excluding hydrogens is 206 g/mol. The highest BCUT2D eigenvalue weighted by atomic mass is 16.6. The van der Waals surface area contributed by atoms with Gasteiger partial charge in [0.25, 0.3) is 0 Å². The molecule has 0 radical (unpaired) electrons. The Morgan fingerprint density at radius 3 is 2.88 bits per heavy atom. The molecule has 1 aliphatic rings. The zero-order valence-corrected chi connectivity index (χ0v) is 10.1. The summed E-state index contributed by atoms with van der Waals surface area (Å²) in [6.07, 6.45) is 0. The van der Waals surface area contributed by atoms with E-state index < -0.39 is 5.60 Å². The maximum atomic E-state index is 11.8. The van der Waals surface area contributed by atoms with Crippen LogP contribution in [0.3, 0.4) is 0 Å². The van der Waals surface area contributed by atoms with Gasteiger partial charge in [0.1, 0.15) is 11.6 Å². The Hall–Kier alpha value is -1.12. The van der Waals surface area contributed by atoms with E-state index in [1.54, 1.807) is 0 Å². The van der Waals surface area contributed by atoms with E-state index in [9.17, 15) is 4.79 Å². The van der Waals surface area contributed by atoms with Crippen LogP contribution >= 0.6 is 0 Å². The van der Waals surface area contributed by atoms with Crippen molar-refractivity contribution in [1.82, 2.24) is 10.2 Å². The third kappa shape index (κ3) is 4.17. The standard InChI is InChI=1S/C11H19N3O2/c1-11(2,3)16-10(15)9-8-14(6-4-12)7-5-13-9/h9,13H,5-8H2,1-3H3. The maximum absolute atomic E-state index is 11.8. The average molecular weight is 225 g/mol. The van der Waals surface area contributed by atoms with Gasteiger partial charge in [-0.3, -0.25) is 9.69 Å². The van der Waals surface area contributed by atoms with Gasteiger partial charge in [0.15, 0.2) is 0 Å². The summed E-state index contributed by atoms with van der Waals surface area (Å²) in [5, 5.41) is 11.7. The summed E-state index contributed by atoms with van der Waals surface area (Å²) in [6.45, 7) is 7.96. The Kier molecular flexibility index (Phi) is 4.27. The van der Waals surface area contributed by atoms with E-state index >= 15 is 0 Å². The number of nitriles is 1. The lowest BCUT2D eigenvalue weighted by Gasteiger charge is -2.32. The summed E-state index contributed by atoms with van der Waals surface area (Å²) in [7, 11) is 0. The molecule has 16 heavy (non-hydrogen) atoms. The van der Waals surface area contributed by atoms with Gasteiger partial charge in [0.2, 0.25) is 0 Å². The van der Waals surface area contributed by atoms with Crippen LogP contribution in [0.25, 0.3) is 0 Å². The van der Waals surface area contributed by atoms with E-state index in [2.05, 4.69) is 11.4 Å². The molecule has 0 aliphatic carbocycles. The zero-order chi connectivity index (χ0) is 12.2. The lowest BCUT2D eigenvalue weighted by molar-refractivity contribution is -0.158. The van der Waals surface area contributed by atoms with E-state index in [-0.39, 0.29) is 12.0 Å². The van der Waals surface area contributed by atoms with Crippen molar-refractivity contribution in [1.29, 1.82) is 5.26 Å². The van der Waals surface area contributed by atoms with Crippen molar-refractivity contribution in [2.45, 2.75) is 32.4 Å². The fraction of sp³-hybridized carbons (Fsp3) is 0.818. The van der Waals surface area contributed by atoms with E-state index in [4.69, 9.17) is 10.00 Å². The highest BCUT2D eigenvalue weighted by Crippen LogP contribution is 2.10. The first-order chi connectivity index (χ1) is 7.42. The van der Waals surface area contributed by atoms with Gasteiger partial charge in [-0.2, -0.15) is 5.26 Å². The highest BCUT2D eigenvalue weighted by molar-refractivity contribution is 5.76. The number of esters is 1. The van der Waals surface area contributed by atoms with Crippen LogP contribution in [0.1, 0.15) is 20.8 Å². The number of piperazine rings is 1. The number of nitrogens with one attached hydrogen (secondary N) is 1. The van der Waals surface area contributed by atoms with E-state index in [0.717, 1.165) is 6.54 Å². The number of carbonyl (C=O) groups excluding carboxylic acids is 1. The third-order valence-electron chi connectivity index (χ3n) is 2.25. The molecule has 1 unspecified atom stereocenters. The molecule has 1 heterocycles. The quantitative estimate of drug-likeness (QED) is 0.534. The van der Waals surface area contributed by atoms with Gasteiger partial charge in [0, 0.05) is 19.6 Å². The molecule has 0 saturated carbocycles. The molecule has 1 saturated heterocycles. The molecule has 5 nitrogen and oxygen atoms in total. The van der Waals surface area contributed by atoms with Crippen LogP contribution in [0, 0.1) is 11.3 Å². The average Bonchev–Trinajstić information content (AvgIpc) is 2.16. The Morgan fingerprint density at radius 2 is 2.31 bits per heavy atom. The highest BCUT2D eigenvalue weighted by Gasteiger charge is 2.29. The van der Waals surface area contributed by atoms with Crippen LogP contribution in [0.15, 0.2) is 0 Å². The molecule has 0 aromatic heterocycles. The van der Waals surface area contributed by atoms with Gasteiger partial charge in [-0.15, -0.1) is 0 Å². The van der Waals surface area contributed by atoms with Crippen LogP contribution in [0.4, 0.5) is 0 Å². The van der Waals surface area contributed by atoms with Gasteiger partial charge in [-0.1, -0.05) is 0 Å². The first kappa shape index (κ1) is 12.9. The van der Waals surface area contributed by atoms with Crippen LogP contribution in [-0.4, -0.2) is 48.7 Å². The van der Waals surface area contributed by atoms with E-state index in [0.29, 0.717) is 19.6 Å². The number of hydrogen-bond donors (Lipinski definition) is 1. The maximum Gasteiger partial charge on any atom is 0.324 e. The second-order valence-electron chi connectivity index (χ2n) is 4.93. The topological polar surface area (TPSA) is 65.4 Å². The number of rotatable bonds is 2. The van der Waals surface area contributed by atoms with Gasteiger partial charge < -0.3 is 10.1 Å². The molecule has 0 amide bonds. The lowest BCUT2D eigenvalue weighted by Crippen LogP contribution is -2.55. The summed E-state index contributed by atoms with van der Waals surface area (Å²) in [6, 6.07) is 1.77. The van der Waals surface area contributed by atoms with Crippen molar-refractivity contribution in [2.75, 3.05) is 26.2 Å². The summed E-state index contributed by atoms with van der Waals surface area (Å²) < 4.78 is 5.29. The van der Waals surface area contributed by atoms with Crippen molar-refractivity contribution >= 4 is 5.97 Å². The van der Waals surface area contributed by atoms with E-state index in [1.807, 2.05) is 25.7 Å². The molecule has 90 valence electrons. The van der Waals surface area contributed by atoms with Crippen molar-refractivity contribution < 1.29 is 9.53 Å². The molecule has 1 atom stereocenters. The fourth-order valence-electron chi connectivity index (χ4n) is 1.59. The zero-order valence-electron chi connectivity index (χ0n) is 10.1. The first-order valence-electron chi connectivity index (χ1n) is 5.48. The molecule has 0 aromatic carbocycles. The molecular formula is C11H19N3O2. The van der Waals surface area contributed by atoms with Crippen LogP contribution in [0.2, 0.25) is 0 Å². The Labute approximate surface area is 96.4 Å².